The summed E-state index contributed by atoms with van der Waals surface area (Å²) in [5.74, 6) is 0.678. The van der Waals surface area contributed by atoms with E-state index < -0.39 is 5.91 Å². The van der Waals surface area contributed by atoms with Gasteiger partial charge in [0.25, 0.3) is 11.1 Å². The van der Waals surface area contributed by atoms with Gasteiger partial charge in [-0.15, -0.1) is 0 Å². The van der Waals surface area contributed by atoms with E-state index in [-0.39, 0.29) is 11.8 Å². The molecule has 2 aromatic rings. The number of nitrogens with one attached hydrogen (secondary N) is 1. The van der Waals surface area contributed by atoms with Crippen molar-refractivity contribution in [2.24, 2.45) is 0 Å². The fourth-order valence-corrected chi connectivity index (χ4v) is 3.51. The van der Waals surface area contributed by atoms with Crippen LogP contribution in [0.2, 0.25) is 10.0 Å². The fraction of sp³-hybridized carbons (Fsp3) is 0.158. The monoisotopic (exact) mass is 423 g/mol. The molecular formula is C19H15Cl2NO4S. The normalized spacial score (nSPS) is 15.1. The van der Waals surface area contributed by atoms with E-state index in [1.54, 1.807) is 42.5 Å². The lowest BCUT2D eigenvalue weighted by atomic mass is 10.2. The van der Waals surface area contributed by atoms with Gasteiger partial charge >= 0.3 is 0 Å². The minimum Gasteiger partial charge on any atom is -0.490 e. The van der Waals surface area contributed by atoms with Gasteiger partial charge in [-0.25, -0.2) is 0 Å². The predicted molar refractivity (Wildman–Crippen MR) is 108 cm³/mol. The first-order valence-corrected chi connectivity index (χ1v) is 9.62. The van der Waals surface area contributed by atoms with Crippen LogP contribution in [0.1, 0.15) is 18.1 Å². The zero-order valence-corrected chi connectivity index (χ0v) is 16.6. The number of imide groups is 1. The molecule has 2 amide bonds. The molecule has 0 aliphatic carbocycles. The van der Waals surface area contributed by atoms with Gasteiger partial charge < -0.3 is 9.47 Å². The van der Waals surface area contributed by atoms with E-state index in [0.29, 0.717) is 33.1 Å². The van der Waals surface area contributed by atoms with Crippen LogP contribution in [0.3, 0.4) is 0 Å². The number of halogens is 2. The lowest BCUT2D eigenvalue weighted by Gasteiger charge is -2.13. The quantitative estimate of drug-likeness (QED) is 0.638. The Morgan fingerprint density at radius 2 is 1.89 bits per heavy atom. The Bertz CT molecular complexity index is 930. The van der Waals surface area contributed by atoms with E-state index in [0.717, 1.165) is 22.9 Å². The molecule has 27 heavy (non-hydrogen) atoms. The molecule has 1 heterocycles. The number of ether oxygens (including phenoxy) is 2. The van der Waals surface area contributed by atoms with Crippen molar-refractivity contribution in [1.29, 1.82) is 0 Å². The molecule has 0 radical (unpaired) electrons. The molecule has 1 aliphatic rings. The van der Waals surface area contributed by atoms with Gasteiger partial charge in [-0.1, -0.05) is 35.3 Å². The van der Waals surface area contributed by atoms with Gasteiger partial charge in [0, 0.05) is 15.6 Å². The minimum absolute atomic E-state index is 0.253. The van der Waals surface area contributed by atoms with Gasteiger partial charge in [-0.3, -0.25) is 14.9 Å². The Labute approximate surface area is 170 Å². The van der Waals surface area contributed by atoms with Gasteiger partial charge in [0.05, 0.1) is 11.5 Å². The number of carbonyl (C=O) groups is 2. The van der Waals surface area contributed by atoms with Crippen LogP contribution in [0.15, 0.2) is 41.3 Å². The maximum absolute atomic E-state index is 11.7. The minimum atomic E-state index is -0.402. The molecular weight excluding hydrogens is 409 g/mol. The molecule has 0 aromatic heterocycles. The van der Waals surface area contributed by atoms with E-state index in [2.05, 4.69) is 5.32 Å². The SMILES string of the molecule is CCOc1cc(/C=C2\SC(=O)NC2=O)ccc1OCc1ccc(Cl)cc1Cl. The van der Waals surface area contributed by atoms with E-state index in [4.69, 9.17) is 32.7 Å². The largest absolute Gasteiger partial charge is 0.490 e. The fourth-order valence-electron chi connectivity index (χ4n) is 2.37. The topological polar surface area (TPSA) is 64.6 Å². The maximum Gasteiger partial charge on any atom is 0.290 e. The van der Waals surface area contributed by atoms with Gasteiger partial charge in [0.1, 0.15) is 6.61 Å². The Morgan fingerprint density at radius 1 is 1.07 bits per heavy atom. The van der Waals surface area contributed by atoms with Gasteiger partial charge in [-0.2, -0.15) is 0 Å². The summed E-state index contributed by atoms with van der Waals surface area (Å²) in [5.41, 5.74) is 1.52. The summed E-state index contributed by atoms with van der Waals surface area (Å²) in [6.45, 7) is 2.57. The van der Waals surface area contributed by atoms with Crippen molar-refractivity contribution in [2.45, 2.75) is 13.5 Å². The molecule has 140 valence electrons. The van der Waals surface area contributed by atoms with E-state index >= 15 is 0 Å². The second kappa shape index (κ2) is 8.69. The van der Waals surface area contributed by atoms with E-state index in [1.165, 1.54) is 0 Å². The maximum atomic E-state index is 11.7. The van der Waals surface area contributed by atoms with Gasteiger partial charge in [0.2, 0.25) is 0 Å². The number of rotatable bonds is 6. The second-order valence-corrected chi connectivity index (χ2v) is 7.37. The van der Waals surface area contributed by atoms with Crippen molar-refractivity contribution >= 4 is 52.2 Å². The number of thioether (sulfide) groups is 1. The molecule has 0 atom stereocenters. The molecule has 8 heteroatoms. The Morgan fingerprint density at radius 3 is 2.56 bits per heavy atom. The first-order valence-electron chi connectivity index (χ1n) is 8.04. The number of hydrogen-bond acceptors (Lipinski definition) is 5. The molecule has 1 fully saturated rings. The summed E-state index contributed by atoms with van der Waals surface area (Å²) in [4.78, 5) is 23.3. The summed E-state index contributed by atoms with van der Waals surface area (Å²) in [6, 6.07) is 10.5. The highest BCUT2D eigenvalue weighted by Crippen LogP contribution is 2.33. The Kier molecular flexibility index (Phi) is 6.31. The van der Waals surface area contributed by atoms with Gasteiger partial charge in [0.15, 0.2) is 11.5 Å². The summed E-state index contributed by atoms with van der Waals surface area (Å²) in [7, 11) is 0. The first-order chi connectivity index (χ1) is 13.0. The summed E-state index contributed by atoms with van der Waals surface area (Å²) < 4.78 is 11.5. The zero-order valence-electron chi connectivity index (χ0n) is 14.3. The smallest absolute Gasteiger partial charge is 0.290 e. The molecule has 1 N–H and O–H groups in total. The highest BCUT2D eigenvalue weighted by molar-refractivity contribution is 8.18. The van der Waals surface area contributed by atoms with E-state index in [9.17, 15) is 9.59 Å². The molecule has 0 saturated carbocycles. The summed E-state index contributed by atoms with van der Waals surface area (Å²) in [5, 5.41) is 2.93. The lowest BCUT2D eigenvalue weighted by Crippen LogP contribution is -2.17. The average Bonchev–Trinajstić information content (AvgIpc) is 2.93. The number of carbonyl (C=O) groups excluding carboxylic acids is 2. The molecule has 0 spiro atoms. The highest BCUT2D eigenvalue weighted by Gasteiger charge is 2.25. The predicted octanol–water partition coefficient (Wildman–Crippen LogP) is 5.30. The van der Waals surface area contributed by atoms with Crippen LogP contribution < -0.4 is 14.8 Å². The molecule has 1 aliphatic heterocycles. The van der Waals surface area contributed by atoms with Crippen LogP contribution in [0.5, 0.6) is 11.5 Å². The average molecular weight is 424 g/mol. The third-order valence-corrected chi connectivity index (χ3v) is 5.00. The van der Waals surface area contributed by atoms with Crippen molar-refractivity contribution in [3.05, 3.63) is 62.5 Å². The number of benzene rings is 2. The van der Waals surface area contributed by atoms with Crippen LogP contribution in [0, 0.1) is 0 Å². The van der Waals surface area contributed by atoms with Crippen LogP contribution >= 0.6 is 35.0 Å². The van der Waals surface area contributed by atoms with Crippen molar-refractivity contribution in [3.8, 4) is 11.5 Å². The van der Waals surface area contributed by atoms with Crippen molar-refractivity contribution in [2.75, 3.05) is 6.61 Å². The molecule has 3 rings (SSSR count). The summed E-state index contributed by atoms with van der Waals surface area (Å²) >= 11 is 12.9. The van der Waals surface area contributed by atoms with Crippen molar-refractivity contribution in [3.63, 3.8) is 0 Å². The van der Waals surface area contributed by atoms with Crippen LogP contribution in [-0.4, -0.2) is 17.8 Å². The lowest BCUT2D eigenvalue weighted by molar-refractivity contribution is -0.115. The Balaban J connectivity index is 1.80. The standard InChI is InChI=1S/C19H15Cl2NO4S/c1-2-25-16-7-11(8-17-18(23)22-19(24)27-17)3-6-15(16)26-10-12-4-5-13(20)9-14(12)21/h3-9H,2,10H2,1H3,(H,22,23,24)/b17-8-. The van der Waals surface area contributed by atoms with Crippen LogP contribution in [-0.2, 0) is 11.4 Å². The van der Waals surface area contributed by atoms with E-state index in [1.807, 2.05) is 6.92 Å². The number of hydrogen-bond donors (Lipinski definition) is 1. The molecule has 5 nitrogen and oxygen atoms in total. The molecule has 0 bridgehead atoms. The van der Waals surface area contributed by atoms with Gasteiger partial charge in [-0.05, 0) is 54.6 Å². The zero-order chi connectivity index (χ0) is 19.4. The number of amides is 2. The third kappa shape index (κ3) is 4.97. The molecule has 1 saturated heterocycles. The third-order valence-electron chi connectivity index (χ3n) is 3.61. The van der Waals surface area contributed by atoms with Crippen molar-refractivity contribution < 1.29 is 19.1 Å². The van der Waals surface area contributed by atoms with Crippen molar-refractivity contribution in [1.82, 2.24) is 5.32 Å². The second-order valence-electron chi connectivity index (χ2n) is 5.52. The Hall–Kier alpha value is -2.15. The summed E-state index contributed by atoms with van der Waals surface area (Å²) in [6.07, 6.45) is 1.63. The van der Waals surface area contributed by atoms with Crippen LogP contribution in [0.4, 0.5) is 4.79 Å². The first kappa shape index (κ1) is 19.6. The molecule has 2 aromatic carbocycles. The van der Waals surface area contributed by atoms with Crippen LogP contribution in [0.25, 0.3) is 6.08 Å². The molecule has 0 unspecified atom stereocenters. The highest BCUT2D eigenvalue weighted by atomic mass is 35.5.